The molecule has 0 spiro atoms. The number of amides is 9. The average molecular weight is 1880 g/mol. The molecule has 7 aliphatic rings. The molecule has 7 saturated heterocycles. The predicted molar refractivity (Wildman–Crippen MR) is 480 cm³/mol. The summed E-state index contributed by atoms with van der Waals surface area (Å²) in [6.07, 6.45) is -7.05. The van der Waals surface area contributed by atoms with E-state index in [1.807, 2.05) is 97.3 Å². The van der Waals surface area contributed by atoms with Crippen LogP contribution in [0.3, 0.4) is 0 Å². The van der Waals surface area contributed by atoms with E-state index in [4.69, 9.17) is 40.9 Å². The third kappa shape index (κ3) is 27.6. The van der Waals surface area contributed by atoms with Crippen LogP contribution in [-0.4, -0.2) is 251 Å². The van der Waals surface area contributed by atoms with E-state index in [-0.39, 0.29) is 117 Å². The minimum atomic E-state index is -4.54. The second-order valence-corrected chi connectivity index (χ2v) is 36.1. The average Bonchev–Trinajstić information content (AvgIpc) is 0.999. The monoisotopic (exact) mass is 1880 g/mol. The molecule has 7 heterocycles. The number of thioether (sulfide) groups is 1. The van der Waals surface area contributed by atoms with Crippen molar-refractivity contribution in [3.63, 3.8) is 0 Å². The molecule has 0 aromatic heterocycles. The number of ether oxygens (including phenoxy) is 5. The number of hydrogen-bond donors (Lipinski definition) is 3. The lowest BCUT2D eigenvalue weighted by molar-refractivity contribution is -0.174. The van der Waals surface area contributed by atoms with Crippen LogP contribution in [0.15, 0.2) is 146 Å². The highest BCUT2D eigenvalue weighted by atomic mass is 32.2. The first kappa shape index (κ1) is 103. The van der Waals surface area contributed by atoms with Crippen LogP contribution in [-0.2, 0) is 110 Å². The Bertz CT molecular complexity index is 4690. The van der Waals surface area contributed by atoms with Gasteiger partial charge in [-0.3, -0.25) is 43.5 Å². The Labute approximate surface area is 774 Å². The molecule has 0 bridgehead atoms. The van der Waals surface area contributed by atoms with Gasteiger partial charge in [-0.1, -0.05) is 126 Å². The van der Waals surface area contributed by atoms with E-state index in [2.05, 4.69) is 0 Å². The first-order chi connectivity index (χ1) is 63.6. The molecular formula is C97H123F9N12O14S. The number of piperazine rings is 3. The van der Waals surface area contributed by atoms with Gasteiger partial charge in [0.1, 0.15) is 56.4 Å². The van der Waals surface area contributed by atoms with Crippen molar-refractivity contribution in [3.8, 4) is 0 Å². The maximum Gasteiger partial charge on any atom is 0.416 e. The van der Waals surface area contributed by atoms with Crippen LogP contribution in [0.5, 0.6) is 0 Å². The summed E-state index contributed by atoms with van der Waals surface area (Å²) in [5.74, 6) is -2.14. The van der Waals surface area contributed by atoms with Gasteiger partial charge >= 0.3 is 36.8 Å². The molecule has 1 unspecified atom stereocenters. The van der Waals surface area contributed by atoms with Gasteiger partial charge in [-0.15, -0.1) is 0 Å². The highest BCUT2D eigenvalue weighted by molar-refractivity contribution is 7.98. The summed E-state index contributed by atoms with van der Waals surface area (Å²) in [6, 6.07) is 36.6. The van der Waals surface area contributed by atoms with Gasteiger partial charge in [0.25, 0.3) is 0 Å². The van der Waals surface area contributed by atoms with Gasteiger partial charge in [-0.05, 0) is 225 Å². The van der Waals surface area contributed by atoms with Crippen LogP contribution in [0, 0.1) is 38.5 Å². The Morgan fingerprint density at radius 2 is 0.737 bits per heavy atom. The first-order valence-corrected chi connectivity index (χ1v) is 47.0. The minimum absolute atomic E-state index is 0.0466. The molecule has 7 aliphatic heterocycles. The molecule has 0 radical (unpaired) electrons. The quantitative estimate of drug-likeness (QED) is 0.0192. The molecule has 10 atom stereocenters. The van der Waals surface area contributed by atoms with Crippen molar-refractivity contribution in [3.05, 3.63) is 212 Å². The van der Waals surface area contributed by atoms with E-state index in [0.29, 0.717) is 153 Å². The summed E-state index contributed by atoms with van der Waals surface area (Å²) >= 11 is 1.68. The maximum atomic E-state index is 14.1. The second kappa shape index (κ2) is 48.1. The van der Waals surface area contributed by atoms with E-state index in [0.717, 1.165) is 78.1 Å². The Balaban J connectivity index is 0.000000192. The third-order valence-electron chi connectivity index (χ3n) is 25.0. The normalized spacial score (nSPS) is 21.7. The Hall–Kier alpha value is -10.5. The van der Waals surface area contributed by atoms with Crippen molar-refractivity contribution < 1.29 is 106 Å². The number of methoxy groups -OCH3 is 1. The summed E-state index contributed by atoms with van der Waals surface area (Å²) in [4.78, 5) is 139. The summed E-state index contributed by atoms with van der Waals surface area (Å²) in [5.41, 5.74) is 19.3. The fourth-order valence-corrected chi connectivity index (χ4v) is 19.1. The molecule has 13 rings (SSSR count). The van der Waals surface area contributed by atoms with Gasteiger partial charge in [-0.2, -0.15) is 51.3 Å². The van der Waals surface area contributed by atoms with Crippen LogP contribution in [0.25, 0.3) is 0 Å². The lowest BCUT2D eigenvalue weighted by atomic mass is 9.90. The number of fused-ring (bicyclic) bond motifs is 3. The fourth-order valence-electron chi connectivity index (χ4n) is 18.7. The van der Waals surface area contributed by atoms with E-state index in [1.54, 1.807) is 81.2 Å². The van der Waals surface area contributed by atoms with Crippen molar-refractivity contribution >= 4 is 65.5 Å². The van der Waals surface area contributed by atoms with Crippen molar-refractivity contribution in [1.82, 2.24) is 44.1 Å². The minimum Gasteiger partial charge on any atom is -0.444 e. The largest absolute Gasteiger partial charge is 0.444 e. The number of unbranched alkanes of at least 4 members (excludes halogenated alkanes) is 3. The standard InChI is InChI=1S/C33H41F3N4O5.C32H41F3N4O5.C32H41F3N4O4S/c1-22-14-24(17-26(15-22)33(34,35)36)21-45-32(43)39-18-25(16-23-8-3-2-4-9-23)30(41)40-28(11-5-6-12-37)31(42)38(20-29(39)40)19-27-10-7-13-44-27;1-22-15-24(18-26(16-22)32(33,34)35)21-44-31(42)38-19-25(17-23-9-4-3-5-10-23)29(40)39-27(11-6-7-12-36)30(41)37(20-28(38)39)13-8-14-43-2;1-22-15-24(18-26(16-22)32(33,34)35)21-43-31(42)38-19-25(17-23-9-4-3-5-10-23)29(40)39-27(11-6-7-12-36)30(41)37(20-28(38)39)13-8-14-44-2/h2-4,8-9,14-15,17,25,27-29H,5-7,10-13,16,18-21,37H2,1H3;2*3-5,9-10,15-16,18,25,27-28H,6-8,11-14,17,19-21,36H2,1-2H3/t25-,27?,28+,29-;2*25-,27+,28-/m111/s1. The molecule has 6 N–H and O–H groups in total. The third-order valence-corrected chi connectivity index (χ3v) is 25.7. The van der Waals surface area contributed by atoms with E-state index in [9.17, 15) is 82.7 Å². The smallest absolute Gasteiger partial charge is 0.416 e. The molecular weight excluding hydrogens is 1760 g/mol. The number of carbonyl (C=O) groups is 9. The summed E-state index contributed by atoms with van der Waals surface area (Å²) < 4.78 is 149. The maximum absolute atomic E-state index is 14.1. The first-order valence-electron chi connectivity index (χ1n) is 45.6. The number of rotatable bonds is 34. The number of benzene rings is 6. The van der Waals surface area contributed by atoms with E-state index >= 15 is 0 Å². The van der Waals surface area contributed by atoms with Gasteiger partial charge in [0.15, 0.2) is 0 Å². The van der Waals surface area contributed by atoms with Crippen LogP contribution in [0.4, 0.5) is 53.9 Å². The van der Waals surface area contributed by atoms with Crippen LogP contribution < -0.4 is 17.2 Å². The summed E-state index contributed by atoms with van der Waals surface area (Å²) in [6.45, 7) is 7.67. The zero-order valence-corrected chi connectivity index (χ0v) is 76.8. The molecule has 0 saturated carbocycles. The SMILES string of the molecule is COCCCN1C[C@@H]2N(C(=O)OCc3cc(C)cc(C(F)(F)F)c3)C[C@@H](Cc3ccccc3)C(=O)N2[C@@H](CCCCN)C1=O.CSCCCN1C[C@@H]2N(C(=O)OCc3cc(C)cc(C(F)(F)F)c3)C[C@@H](Cc3ccccc3)C(=O)N2[C@@H](CCCCN)C1=O.Cc1cc(COC(=O)N2C[C@@H](Cc3ccccc3)C(=O)N3[C@@H]2CN(CC2CCCO2)C(=O)[C@@H]3CCCCN)cc(C(F)(F)F)c1. The Morgan fingerprint density at radius 1 is 0.414 bits per heavy atom. The number of hydrogen-bond acceptors (Lipinski definition) is 18. The number of nitrogens with two attached hydrogens (primary N) is 3. The van der Waals surface area contributed by atoms with Gasteiger partial charge in [0, 0.05) is 59.6 Å². The molecule has 724 valence electrons. The molecule has 36 heteroatoms. The number of alkyl halides is 9. The molecule has 26 nitrogen and oxygen atoms in total. The fraction of sp³-hybridized carbons (Fsp3) is 0.536. The zero-order chi connectivity index (χ0) is 95.8. The van der Waals surface area contributed by atoms with Crippen LogP contribution in [0.1, 0.15) is 150 Å². The zero-order valence-electron chi connectivity index (χ0n) is 76.0. The van der Waals surface area contributed by atoms with E-state index in [1.165, 1.54) is 20.8 Å². The summed E-state index contributed by atoms with van der Waals surface area (Å²) in [5, 5.41) is 0. The highest BCUT2D eigenvalue weighted by Crippen LogP contribution is 2.40. The van der Waals surface area contributed by atoms with Gasteiger partial charge in [-0.25, -0.2) is 14.4 Å². The van der Waals surface area contributed by atoms with Crippen LogP contribution >= 0.6 is 11.8 Å². The Morgan fingerprint density at radius 3 is 1.04 bits per heavy atom. The lowest BCUT2D eigenvalue weighted by Crippen LogP contribution is -2.73. The predicted octanol–water partition coefficient (Wildman–Crippen LogP) is 13.9. The molecule has 9 amide bonds. The van der Waals surface area contributed by atoms with Crippen molar-refractivity contribution in [2.45, 2.75) is 205 Å². The van der Waals surface area contributed by atoms with Crippen molar-refractivity contribution in [2.75, 3.05) is 111 Å². The van der Waals surface area contributed by atoms with Gasteiger partial charge in [0.05, 0.1) is 60.2 Å². The number of carbonyl (C=O) groups excluding carboxylic acids is 9. The molecule has 6 aromatic rings. The highest BCUT2D eigenvalue weighted by Gasteiger charge is 2.56. The topological polar surface area (TPSA) is 307 Å². The van der Waals surface area contributed by atoms with Gasteiger partial charge in [0.2, 0.25) is 35.4 Å². The van der Waals surface area contributed by atoms with Crippen molar-refractivity contribution in [1.29, 1.82) is 0 Å². The summed E-state index contributed by atoms with van der Waals surface area (Å²) in [7, 11) is 1.58. The lowest BCUT2D eigenvalue weighted by Gasteiger charge is -2.54. The van der Waals surface area contributed by atoms with Gasteiger partial charge < -0.3 is 70.3 Å². The second-order valence-electron chi connectivity index (χ2n) is 35.1. The number of aryl methyl sites for hydroxylation is 3. The van der Waals surface area contributed by atoms with Crippen molar-refractivity contribution in [2.24, 2.45) is 35.0 Å². The van der Waals surface area contributed by atoms with Crippen LogP contribution in [0.2, 0.25) is 0 Å². The molecule has 0 aliphatic carbocycles. The number of nitrogens with zero attached hydrogens (tertiary/aromatic N) is 9. The Kier molecular flexibility index (Phi) is 37.2. The molecule has 7 fully saturated rings. The molecule has 133 heavy (non-hydrogen) atoms. The molecule has 6 aromatic carbocycles. The number of halogens is 9. The van der Waals surface area contributed by atoms with E-state index < -0.39 is 108 Å².